The van der Waals surface area contributed by atoms with E-state index >= 15 is 0 Å². The van der Waals surface area contributed by atoms with Crippen LogP contribution in [-0.2, 0) is 10.4 Å². The number of hydrogen-bond donors (Lipinski definition) is 2. The van der Waals surface area contributed by atoms with Gasteiger partial charge in [0.2, 0.25) is 5.67 Å². The molecule has 21 heavy (non-hydrogen) atoms. The highest BCUT2D eigenvalue weighted by Crippen LogP contribution is 2.30. The topological polar surface area (TPSA) is 72.5 Å². The lowest BCUT2D eigenvalue weighted by Gasteiger charge is -2.22. The largest absolute Gasteiger partial charge is 0.424 e. The molecule has 0 aliphatic heterocycles. The summed E-state index contributed by atoms with van der Waals surface area (Å²) in [5.74, 6) is -0.649. The number of rotatable bonds is 5. The number of nitrogens with two attached hydrogens (primary N) is 1. The molecular weight excluding hydrogens is 273 g/mol. The van der Waals surface area contributed by atoms with Crippen LogP contribution in [0.25, 0.3) is 0 Å². The molecule has 5 heteroatoms. The number of hydrogen-bond acceptors (Lipinski definition) is 4. The summed E-state index contributed by atoms with van der Waals surface area (Å²) in [7, 11) is 0. The molecule has 0 heterocycles. The van der Waals surface area contributed by atoms with Gasteiger partial charge in [-0.25, -0.2) is 9.18 Å². The smallest absolute Gasteiger partial charge is 0.350 e. The van der Waals surface area contributed by atoms with Crippen molar-refractivity contribution in [3.05, 3.63) is 29.3 Å². The van der Waals surface area contributed by atoms with Gasteiger partial charge < -0.3 is 15.6 Å². The zero-order valence-corrected chi connectivity index (χ0v) is 13.2. The Morgan fingerprint density at radius 2 is 1.90 bits per heavy atom. The van der Waals surface area contributed by atoms with Crippen molar-refractivity contribution in [1.82, 2.24) is 0 Å². The van der Waals surface area contributed by atoms with E-state index in [1.54, 1.807) is 19.9 Å². The fraction of sp³-hybridized carbons (Fsp3) is 0.562. The summed E-state index contributed by atoms with van der Waals surface area (Å²) in [6.07, 6.45) is 0. The van der Waals surface area contributed by atoms with E-state index in [9.17, 15) is 14.3 Å². The molecule has 1 rings (SSSR count). The second kappa shape index (κ2) is 6.12. The average Bonchev–Trinajstić information content (AvgIpc) is 2.37. The monoisotopic (exact) mass is 297 g/mol. The Morgan fingerprint density at radius 1 is 1.33 bits per heavy atom. The Bertz CT molecular complexity index is 519. The van der Waals surface area contributed by atoms with Crippen LogP contribution in [0.1, 0.15) is 51.7 Å². The van der Waals surface area contributed by atoms with E-state index in [-0.39, 0.29) is 11.7 Å². The predicted octanol–water partition coefficient (Wildman–Crippen LogP) is 2.63. The summed E-state index contributed by atoms with van der Waals surface area (Å²) < 4.78 is 18.9. The molecule has 0 bridgehead atoms. The summed E-state index contributed by atoms with van der Waals surface area (Å²) in [5, 5.41) is 10.1. The molecule has 0 saturated heterocycles. The maximum Gasteiger partial charge on any atom is 0.350 e. The number of halogens is 1. The predicted molar refractivity (Wildman–Crippen MR) is 80.0 cm³/mol. The third-order valence-corrected chi connectivity index (χ3v) is 3.32. The second-order valence-electron chi connectivity index (χ2n) is 6.30. The maximum atomic E-state index is 13.8. The van der Waals surface area contributed by atoms with Crippen LogP contribution in [0.2, 0.25) is 0 Å². The molecule has 0 aliphatic rings. The van der Waals surface area contributed by atoms with Gasteiger partial charge in [-0.05, 0) is 49.9 Å². The van der Waals surface area contributed by atoms with E-state index in [1.165, 1.54) is 6.07 Å². The van der Waals surface area contributed by atoms with E-state index in [0.29, 0.717) is 5.56 Å². The molecule has 0 spiro atoms. The number of carbonyl (C=O) groups excluding carboxylic acids is 1. The van der Waals surface area contributed by atoms with E-state index in [0.717, 1.165) is 12.5 Å². The van der Waals surface area contributed by atoms with Gasteiger partial charge in [0.05, 0.1) is 5.60 Å². The highest BCUT2D eigenvalue weighted by Gasteiger charge is 2.34. The summed E-state index contributed by atoms with van der Waals surface area (Å²) in [6, 6.07) is 5.06. The first-order chi connectivity index (χ1) is 9.47. The van der Waals surface area contributed by atoms with Crippen LogP contribution in [0.5, 0.6) is 5.75 Å². The molecule has 0 aliphatic carbocycles. The molecular formula is C16H24FNO3. The average molecular weight is 297 g/mol. The minimum absolute atomic E-state index is 0.177. The van der Waals surface area contributed by atoms with E-state index in [4.69, 9.17) is 10.5 Å². The number of aliphatic hydroxyl groups is 1. The van der Waals surface area contributed by atoms with Crippen LogP contribution in [0.3, 0.4) is 0 Å². The van der Waals surface area contributed by atoms with Gasteiger partial charge in [0, 0.05) is 6.54 Å². The number of ether oxygens (including phenoxy) is 1. The van der Waals surface area contributed by atoms with Crippen molar-refractivity contribution in [1.29, 1.82) is 0 Å². The van der Waals surface area contributed by atoms with Gasteiger partial charge in [0.25, 0.3) is 0 Å². The normalized spacial score (nSPS) is 14.9. The number of esters is 1. The quantitative estimate of drug-likeness (QED) is 0.647. The van der Waals surface area contributed by atoms with E-state index < -0.39 is 23.8 Å². The van der Waals surface area contributed by atoms with Crippen LogP contribution >= 0.6 is 0 Å². The van der Waals surface area contributed by atoms with Crippen molar-refractivity contribution in [3.8, 4) is 5.75 Å². The first-order valence-corrected chi connectivity index (χ1v) is 6.96. The third-order valence-electron chi connectivity index (χ3n) is 3.32. The molecule has 0 saturated carbocycles. The lowest BCUT2D eigenvalue weighted by Crippen LogP contribution is -2.41. The van der Waals surface area contributed by atoms with E-state index in [2.05, 4.69) is 0 Å². The van der Waals surface area contributed by atoms with Crippen molar-refractivity contribution < 1.29 is 19.0 Å². The van der Waals surface area contributed by atoms with Gasteiger partial charge in [0.1, 0.15) is 5.75 Å². The summed E-state index contributed by atoms with van der Waals surface area (Å²) in [4.78, 5) is 11.8. The number of alkyl halides is 1. The highest BCUT2D eigenvalue weighted by atomic mass is 19.1. The van der Waals surface area contributed by atoms with Gasteiger partial charge in [-0.15, -0.1) is 0 Å². The molecule has 4 nitrogen and oxygen atoms in total. The highest BCUT2D eigenvalue weighted by molar-refractivity contribution is 5.81. The lowest BCUT2D eigenvalue weighted by atomic mass is 9.92. The Labute approximate surface area is 125 Å². The van der Waals surface area contributed by atoms with Crippen molar-refractivity contribution in [2.24, 2.45) is 5.73 Å². The van der Waals surface area contributed by atoms with Gasteiger partial charge in [0.15, 0.2) is 0 Å². The Morgan fingerprint density at radius 3 is 2.33 bits per heavy atom. The molecule has 1 aromatic rings. The third kappa shape index (κ3) is 4.51. The van der Waals surface area contributed by atoms with Crippen LogP contribution in [0.4, 0.5) is 4.39 Å². The molecule has 0 aromatic heterocycles. The Hall–Kier alpha value is -1.46. The fourth-order valence-corrected chi connectivity index (χ4v) is 1.66. The number of benzene rings is 1. The van der Waals surface area contributed by atoms with Crippen molar-refractivity contribution in [2.75, 3.05) is 6.54 Å². The van der Waals surface area contributed by atoms with Crippen molar-refractivity contribution in [3.63, 3.8) is 0 Å². The van der Waals surface area contributed by atoms with Crippen LogP contribution in [-0.4, -0.2) is 23.3 Å². The van der Waals surface area contributed by atoms with Gasteiger partial charge in [-0.2, -0.15) is 0 Å². The molecule has 1 atom stereocenters. The summed E-state index contributed by atoms with van der Waals surface area (Å²) >= 11 is 0. The molecule has 1 unspecified atom stereocenters. The van der Waals surface area contributed by atoms with Crippen molar-refractivity contribution in [2.45, 2.75) is 51.8 Å². The zero-order valence-electron chi connectivity index (χ0n) is 13.2. The number of carbonyl (C=O) groups is 1. The minimum Gasteiger partial charge on any atom is -0.424 e. The lowest BCUT2D eigenvalue weighted by molar-refractivity contribution is -0.146. The minimum atomic E-state index is -2.23. The van der Waals surface area contributed by atoms with Crippen LogP contribution in [0.15, 0.2) is 18.2 Å². The maximum absolute atomic E-state index is 13.8. The van der Waals surface area contributed by atoms with Crippen LogP contribution in [0, 0.1) is 0 Å². The molecule has 1 aromatic carbocycles. The van der Waals surface area contributed by atoms with Gasteiger partial charge >= 0.3 is 5.97 Å². The first-order valence-electron chi connectivity index (χ1n) is 6.96. The molecule has 0 radical (unpaired) electrons. The molecule has 0 fully saturated rings. The Balaban J connectivity index is 3.18. The fourth-order valence-electron chi connectivity index (χ4n) is 1.66. The Kier molecular flexibility index (Phi) is 5.12. The molecule has 3 N–H and O–H groups in total. The standard InChI is InChI=1S/C16H24FNO3/c1-10(2)11-6-12(15(3,4)20)8-13(7-11)21-14(19)16(5,17)9-18/h6-8,10,20H,9,18H2,1-5H3. The summed E-state index contributed by atoms with van der Waals surface area (Å²) in [6.45, 7) is 7.86. The van der Waals surface area contributed by atoms with Gasteiger partial charge in [-0.3, -0.25) is 0 Å². The molecule has 118 valence electrons. The van der Waals surface area contributed by atoms with E-state index in [1.807, 2.05) is 19.9 Å². The van der Waals surface area contributed by atoms with Crippen molar-refractivity contribution >= 4 is 5.97 Å². The van der Waals surface area contributed by atoms with Crippen LogP contribution < -0.4 is 10.5 Å². The second-order valence-corrected chi connectivity index (χ2v) is 6.30. The molecule has 0 amide bonds. The zero-order chi connectivity index (χ0) is 16.4. The summed E-state index contributed by atoms with van der Waals surface area (Å²) in [5.41, 5.74) is 3.40. The first kappa shape index (κ1) is 17.6. The van der Waals surface area contributed by atoms with Gasteiger partial charge in [-0.1, -0.05) is 19.9 Å². The SMILES string of the molecule is CC(C)c1cc(OC(=O)C(C)(F)CN)cc(C(C)(C)O)c1.